The van der Waals surface area contributed by atoms with Crippen LogP contribution in [0.1, 0.15) is 12.0 Å². The predicted molar refractivity (Wildman–Crippen MR) is 128 cm³/mol. The monoisotopic (exact) mass is 477 g/mol. The Balaban J connectivity index is 1.63. The van der Waals surface area contributed by atoms with Gasteiger partial charge in [-0.1, -0.05) is 24.3 Å². The van der Waals surface area contributed by atoms with Crippen LogP contribution in [0.2, 0.25) is 0 Å². The highest BCUT2D eigenvalue weighted by atomic mass is 19.1. The molecule has 1 saturated heterocycles. The molecule has 180 valence electrons. The number of benzene rings is 3. The van der Waals surface area contributed by atoms with Gasteiger partial charge in [-0.25, -0.2) is 14.1 Å². The van der Waals surface area contributed by atoms with E-state index in [2.05, 4.69) is 5.32 Å². The smallest absolute Gasteiger partial charge is 0.332 e. The first-order valence-corrected chi connectivity index (χ1v) is 10.9. The van der Waals surface area contributed by atoms with Gasteiger partial charge in [0, 0.05) is 18.3 Å². The Morgan fingerprint density at radius 3 is 2.34 bits per heavy atom. The molecule has 0 bridgehead atoms. The highest BCUT2D eigenvalue weighted by Crippen LogP contribution is 2.31. The molecule has 0 aromatic heterocycles. The van der Waals surface area contributed by atoms with Crippen molar-refractivity contribution in [3.63, 3.8) is 0 Å². The summed E-state index contributed by atoms with van der Waals surface area (Å²) in [6.45, 7) is 0.0835. The Kier molecular flexibility index (Phi) is 6.96. The molecule has 35 heavy (non-hydrogen) atoms. The number of methoxy groups -OCH3 is 2. The number of carbonyl (C=O) groups excluding carboxylic acids is 3. The number of anilines is 2. The summed E-state index contributed by atoms with van der Waals surface area (Å²) in [5, 5.41) is 2.59. The zero-order chi connectivity index (χ0) is 24.9. The standard InChI is InChI=1S/C26H24FN3O5/c1-34-21-10-3-6-17(12-21)16-29-23(15-24(31)28-19-8-4-7-18(27)13-19)25(32)30(26(29)33)20-9-5-11-22(14-20)35-2/h3-14,23H,15-16H2,1-2H3,(H,28,31). The van der Waals surface area contributed by atoms with E-state index < -0.39 is 29.7 Å². The fraction of sp³-hybridized carbons (Fsp3) is 0.192. The zero-order valence-corrected chi connectivity index (χ0v) is 19.2. The van der Waals surface area contributed by atoms with Crippen LogP contribution in [0.5, 0.6) is 11.5 Å². The quantitative estimate of drug-likeness (QED) is 0.491. The van der Waals surface area contributed by atoms with E-state index in [4.69, 9.17) is 9.47 Å². The number of hydrogen-bond donors (Lipinski definition) is 1. The van der Waals surface area contributed by atoms with Crippen molar-refractivity contribution >= 4 is 29.2 Å². The second-order valence-electron chi connectivity index (χ2n) is 7.92. The Labute approximate surface area is 201 Å². The number of ether oxygens (including phenoxy) is 2. The summed E-state index contributed by atoms with van der Waals surface area (Å²) < 4.78 is 24.0. The van der Waals surface area contributed by atoms with Gasteiger partial charge in [-0.3, -0.25) is 9.59 Å². The molecule has 4 amide bonds. The normalized spacial score (nSPS) is 15.3. The lowest BCUT2D eigenvalue weighted by atomic mass is 10.1. The second kappa shape index (κ2) is 10.3. The van der Waals surface area contributed by atoms with E-state index >= 15 is 0 Å². The largest absolute Gasteiger partial charge is 0.497 e. The first-order valence-electron chi connectivity index (χ1n) is 10.9. The average molecular weight is 477 g/mol. The fourth-order valence-electron chi connectivity index (χ4n) is 3.92. The van der Waals surface area contributed by atoms with Crippen molar-refractivity contribution in [3.8, 4) is 11.5 Å². The number of rotatable bonds is 8. The van der Waals surface area contributed by atoms with Crippen molar-refractivity contribution in [2.45, 2.75) is 19.0 Å². The van der Waals surface area contributed by atoms with Gasteiger partial charge in [-0.05, 0) is 48.0 Å². The number of imide groups is 1. The lowest BCUT2D eigenvalue weighted by Gasteiger charge is -2.22. The van der Waals surface area contributed by atoms with Crippen molar-refractivity contribution in [1.82, 2.24) is 4.90 Å². The topological polar surface area (TPSA) is 88.2 Å². The molecule has 1 aliphatic heterocycles. The van der Waals surface area contributed by atoms with Crippen LogP contribution in [0.25, 0.3) is 0 Å². The van der Waals surface area contributed by atoms with Crippen LogP contribution in [0, 0.1) is 5.82 Å². The van der Waals surface area contributed by atoms with Gasteiger partial charge in [-0.2, -0.15) is 0 Å². The van der Waals surface area contributed by atoms with Gasteiger partial charge < -0.3 is 19.7 Å². The van der Waals surface area contributed by atoms with Crippen molar-refractivity contribution in [2.75, 3.05) is 24.4 Å². The minimum absolute atomic E-state index is 0.0835. The van der Waals surface area contributed by atoms with Crippen molar-refractivity contribution in [1.29, 1.82) is 0 Å². The molecule has 1 fully saturated rings. The van der Waals surface area contributed by atoms with E-state index in [1.165, 1.54) is 37.3 Å². The lowest BCUT2D eigenvalue weighted by Crippen LogP contribution is -2.37. The van der Waals surface area contributed by atoms with E-state index in [0.717, 1.165) is 10.5 Å². The molecule has 0 aliphatic carbocycles. The molecule has 1 heterocycles. The molecule has 3 aromatic carbocycles. The van der Waals surface area contributed by atoms with Gasteiger partial charge in [0.15, 0.2) is 0 Å². The van der Waals surface area contributed by atoms with Crippen LogP contribution in [-0.2, 0) is 16.1 Å². The fourth-order valence-corrected chi connectivity index (χ4v) is 3.92. The van der Waals surface area contributed by atoms with E-state index in [9.17, 15) is 18.8 Å². The molecule has 1 N–H and O–H groups in total. The summed E-state index contributed by atoms with van der Waals surface area (Å²) >= 11 is 0. The van der Waals surface area contributed by atoms with Gasteiger partial charge >= 0.3 is 6.03 Å². The van der Waals surface area contributed by atoms with E-state index in [1.54, 1.807) is 54.6 Å². The first-order chi connectivity index (χ1) is 16.9. The maximum atomic E-state index is 13.5. The van der Waals surface area contributed by atoms with Gasteiger partial charge in [-0.15, -0.1) is 0 Å². The average Bonchev–Trinajstić information content (AvgIpc) is 3.08. The number of hydrogen-bond acceptors (Lipinski definition) is 5. The van der Waals surface area contributed by atoms with Crippen molar-refractivity contribution in [3.05, 3.63) is 84.2 Å². The second-order valence-corrected chi connectivity index (χ2v) is 7.92. The molecule has 1 aliphatic rings. The highest BCUT2D eigenvalue weighted by Gasteiger charge is 2.46. The maximum Gasteiger partial charge on any atom is 0.332 e. The molecule has 4 rings (SSSR count). The van der Waals surface area contributed by atoms with Gasteiger partial charge in [0.2, 0.25) is 5.91 Å². The molecular weight excluding hydrogens is 453 g/mol. The zero-order valence-electron chi connectivity index (χ0n) is 19.2. The number of nitrogens with zero attached hydrogens (tertiary/aromatic N) is 2. The van der Waals surface area contributed by atoms with Gasteiger partial charge in [0.1, 0.15) is 23.4 Å². The Morgan fingerprint density at radius 2 is 1.63 bits per heavy atom. The third-order valence-electron chi connectivity index (χ3n) is 5.60. The molecular formula is C26H24FN3O5. The van der Waals surface area contributed by atoms with Crippen molar-refractivity contribution < 1.29 is 28.2 Å². The minimum atomic E-state index is -1.06. The molecule has 0 spiro atoms. The molecule has 8 nitrogen and oxygen atoms in total. The highest BCUT2D eigenvalue weighted by molar-refractivity contribution is 6.22. The van der Waals surface area contributed by atoms with Crippen LogP contribution >= 0.6 is 0 Å². The third kappa shape index (κ3) is 5.24. The van der Waals surface area contributed by atoms with Gasteiger partial charge in [0.25, 0.3) is 5.91 Å². The molecule has 3 aromatic rings. The van der Waals surface area contributed by atoms with Crippen LogP contribution < -0.4 is 19.7 Å². The number of carbonyl (C=O) groups is 3. The molecule has 1 atom stereocenters. The minimum Gasteiger partial charge on any atom is -0.497 e. The number of urea groups is 1. The van der Waals surface area contributed by atoms with E-state index in [1.807, 2.05) is 0 Å². The molecule has 9 heteroatoms. The number of halogens is 1. The summed E-state index contributed by atoms with van der Waals surface area (Å²) in [4.78, 5) is 42.1. The van der Waals surface area contributed by atoms with Crippen LogP contribution in [0.4, 0.5) is 20.6 Å². The Hall–Kier alpha value is -4.40. The third-order valence-corrected chi connectivity index (χ3v) is 5.60. The Morgan fingerprint density at radius 1 is 0.943 bits per heavy atom. The van der Waals surface area contributed by atoms with Gasteiger partial charge in [0.05, 0.1) is 26.3 Å². The maximum absolute atomic E-state index is 13.5. The van der Waals surface area contributed by atoms with E-state index in [-0.39, 0.29) is 18.7 Å². The molecule has 0 radical (unpaired) electrons. The first kappa shape index (κ1) is 23.7. The van der Waals surface area contributed by atoms with E-state index in [0.29, 0.717) is 17.2 Å². The van der Waals surface area contributed by atoms with Crippen LogP contribution in [0.15, 0.2) is 72.8 Å². The lowest BCUT2D eigenvalue weighted by molar-refractivity contribution is -0.124. The number of nitrogens with one attached hydrogen (secondary N) is 1. The predicted octanol–water partition coefficient (Wildman–Crippen LogP) is 4.21. The summed E-state index contributed by atoms with van der Waals surface area (Å²) in [5.74, 6) is -0.482. The summed E-state index contributed by atoms with van der Waals surface area (Å²) in [5.41, 5.74) is 1.33. The number of amides is 4. The molecule has 0 saturated carbocycles. The summed E-state index contributed by atoms with van der Waals surface area (Å²) in [6.07, 6.45) is -0.300. The molecule has 1 unspecified atom stereocenters. The Bertz CT molecular complexity index is 1260. The summed E-state index contributed by atoms with van der Waals surface area (Å²) in [7, 11) is 3.02. The van der Waals surface area contributed by atoms with Crippen molar-refractivity contribution in [2.24, 2.45) is 0 Å². The van der Waals surface area contributed by atoms with Crippen LogP contribution in [0.3, 0.4) is 0 Å². The van der Waals surface area contributed by atoms with Crippen LogP contribution in [-0.4, -0.2) is 43.0 Å². The summed E-state index contributed by atoms with van der Waals surface area (Å²) in [6, 6.07) is 17.5. The SMILES string of the molecule is COc1cccc(CN2C(=O)N(c3cccc(OC)c3)C(=O)C2CC(=O)Nc2cccc(F)c2)c1.